The van der Waals surface area contributed by atoms with Crippen LogP contribution < -0.4 is 10.9 Å². The van der Waals surface area contributed by atoms with E-state index in [1.807, 2.05) is 15.5 Å². The summed E-state index contributed by atoms with van der Waals surface area (Å²) in [4.78, 5) is 32.2. The number of hydrogen-bond donors (Lipinski definition) is 1. The average Bonchev–Trinajstić information content (AvgIpc) is 3.23. The van der Waals surface area contributed by atoms with Crippen LogP contribution in [0.15, 0.2) is 35.3 Å². The molecule has 0 radical (unpaired) electrons. The molecule has 2 aromatic rings. The fraction of sp³-hybridized carbons (Fsp3) is 0.476. The summed E-state index contributed by atoms with van der Waals surface area (Å²) >= 11 is 0. The summed E-state index contributed by atoms with van der Waals surface area (Å²) in [6, 6.07) is 7.37. The summed E-state index contributed by atoms with van der Waals surface area (Å²) in [5.74, 6) is 0.904. The highest BCUT2D eigenvalue weighted by Gasteiger charge is 2.32. The van der Waals surface area contributed by atoms with E-state index in [1.165, 1.54) is 0 Å². The molecular formula is C21H25ClN4O2. The molecule has 0 saturated carbocycles. The summed E-state index contributed by atoms with van der Waals surface area (Å²) in [6.45, 7) is 4.27. The van der Waals surface area contributed by atoms with Crippen LogP contribution >= 0.6 is 12.4 Å². The van der Waals surface area contributed by atoms with Crippen molar-refractivity contribution in [2.45, 2.75) is 31.7 Å². The van der Waals surface area contributed by atoms with Gasteiger partial charge in [-0.15, -0.1) is 12.4 Å². The highest BCUT2D eigenvalue weighted by Crippen LogP contribution is 2.34. The number of carbonyl (C=O) groups is 1. The maximum atomic E-state index is 13.0. The number of nitrogens with one attached hydrogen (secondary N) is 1. The van der Waals surface area contributed by atoms with Crippen molar-refractivity contribution in [3.05, 3.63) is 52.1 Å². The smallest absolute Gasteiger partial charge is 0.256 e. The third kappa shape index (κ3) is 3.25. The first-order valence-electron chi connectivity index (χ1n) is 9.91. The lowest BCUT2D eigenvalue weighted by Gasteiger charge is -2.37. The molecule has 28 heavy (non-hydrogen) atoms. The summed E-state index contributed by atoms with van der Waals surface area (Å²) in [5.41, 5.74) is 3.08. The second-order valence-corrected chi connectivity index (χ2v) is 7.97. The molecule has 3 aliphatic heterocycles. The molecule has 0 unspecified atom stereocenters. The van der Waals surface area contributed by atoms with Crippen LogP contribution in [0.1, 0.15) is 41.2 Å². The maximum absolute atomic E-state index is 13.0. The first-order valence-corrected chi connectivity index (χ1v) is 9.91. The molecule has 0 aromatic carbocycles. The van der Waals surface area contributed by atoms with Gasteiger partial charge in [-0.3, -0.25) is 14.6 Å². The van der Waals surface area contributed by atoms with Gasteiger partial charge in [0.15, 0.2) is 0 Å². The molecule has 3 aliphatic rings. The molecule has 0 spiro atoms. The highest BCUT2D eigenvalue weighted by molar-refractivity contribution is 6.00. The van der Waals surface area contributed by atoms with Crippen LogP contribution in [0.4, 0.5) is 0 Å². The number of nitrogens with zero attached hydrogens (tertiary/aromatic N) is 3. The Kier molecular flexibility index (Phi) is 5.25. The quantitative estimate of drug-likeness (QED) is 0.839. The number of hydrogen-bond acceptors (Lipinski definition) is 4. The second kappa shape index (κ2) is 7.68. The molecule has 7 heteroatoms. The molecule has 1 amide bonds. The lowest BCUT2D eigenvalue weighted by atomic mass is 9.83. The zero-order valence-corrected chi connectivity index (χ0v) is 16.6. The number of amides is 1. The third-order valence-electron chi connectivity index (χ3n) is 6.17. The first kappa shape index (κ1) is 19.2. The van der Waals surface area contributed by atoms with Gasteiger partial charge in [-0.2, -0.15) is 0 Å². The lowest BCUT2D eigenvalue weighted by molar-refractivity contribution is 0.0793. The molecular weight excluding hydrogens is 376 g/mol. The molecule has 2 bridgehead atoms. The van der Waals surface area contributed by atoms with Gasteiger partial charge in [0, 0.05) is 55.6 Å². The fourth-order valence-corrected chi connectivity index (χ4v) is 4.84. The minimum absolute atomic E-state index is 0. The number of fused-ring (bicyclic) bond motifs is 4. The van der Waals surface area contributed by atoms with E-state index in [1.54, 1.807) is 18.3 Å². The molecule has 2 atom stereocenters. The van der Waals surface area contributed by atoms with Crippen molar-refractivity contribution >= 4 is 18.3 Å². The first-order chi connectivity index (χ1) is 13.2. The number of halogens is 1. The zero-order valence-electron chi connectivity index (χ0n) is 15.8. The van der Waals surface area contributed by atoms with E-state index in [4.69, 9.17) is 0 Å². The van der Waals surface area contributed by atoms with Gasteiger partial charge in [0.25, 0.3) is 11.5 Å². The Labute approximate surface area is 170 Å². The van der Waals surface area contributed by atoms with E-state index in [2.05, 4.69) is 16.4 Å². The number of rotatable bonds is 2. The van der Waals surface area contributed by atoms with Gasteiger partial charge in [0.05, 0.1) is 11.3 Å². The van der Waals surface area contributed by atoms with Crippen molar-refractivity contribution in [2.75, 3.05) is 26.2 Å². The van der Waals surface area contributed by atoms with Crippen LogP contribution in [0.25, 0.3) is 11.3 Å². The van der Waals surface area contributed by atoms with Crippen LogP contribution in [0, 0.1) is 5.92 Å². The molecule has 148 valence electrons. The van der Waals surface area contributed by atoms with Gasteiger partial charge in [-0.25, -0.2) is 0 Å². The van der Waals surface area contributed by atoms with E-state index < -0.39 is 0 Å². The van der Waals surface area contributed by atoms with Crippen molar-refractivity contribution in [3.8, 4) is 11.3 Å². The van der Waals surface area contributed by atoms with Gasteiger partial charge in [-0.1, -0.05) is 0 Å². The Morgan fingerprint density at radius 1 is 1.18 bits per heavy atom. The van der Waals surface area contributed by atoms with Gasteiger partial charge in [0.2, 0.25) is 0 Å². The molecule has 0 aliphatic carbocycles. The molecule has 1 N–H and O–H groups in total. The predicted octanol–water partition coefficient (Wildman–Crippen LogP) is 2.27. The van der Waals surface area contributed by atoms with E-state index >= 15 is 0 Å². The fourth-order valence-electron chi connectivity index (χ4n) is 4.84. The number of likely N-dealkylation sites (tertiary alicyclic amines) is 1. The Bertz CT molecular complexity index is 952. The average molecular weight is 401 g/mol. The zero-order chi connectivity index (χ0) is 18.4. The highest BCUT2D eigenvalue weighted by atomic mass is 35.5. The van der Waals surface area contributed by atoms with Crippen molar-refractivity contribution < 1.29 is 4.79 Å². The van der Waals surface area contributed by atoms with Crippen molar-refractivity contribution in [1.82, 2.24) is 19.8 Å². The minimum atomic E-state index is 0. The SMILES string of the molecule is Cl.O=C(c1cccnc1-c1cc2n(c(=O)c1)C[C@@H]1CNC[C@H]2C1)N1CCCC1. The molecule has 5 heterocycles. The predicted molar refractivity (Wildman–Crippen MR) is 110 cm³/mol. The van der Waals surface area contributed by atoms with Crippen molar-refractivity contribution in [3.63, 3.8) is 0 Å². The van der Waals surface area contributed by atoms with Gasteiger partial charge < -0.3 is 14.8 Å². The van der Waals surface area contributed by atoms with Gasteiger partial charge in [0.1, 0.15) is 0 Å². The minimum Gasteiger partial charge on any atom is -0.339 e. The second-order valence-electron chi connectivity index (χ2n) is 7.97. The van der Waals surface area contributed by atoms with E-state index in [-0.39, 0.29) is 23.9 Å². The summed E-state index contributed by atoms with van der Waals surface area (Å²) in [6.07, 6.45) is 4.93. The van der Waals surface area contributed by atoms with Gasteiger partial charge >= 0.3 is 0 Å². The third-order valence-corrected chi connectivity index (χ3v) is 6.17. The standard InChI is InChI=1S/C21H24N4O2.ClH/c26-19-10-15(9-18-16-8-14(11-22-12-16)13-25(18)19)20-17(4-3-5-23-20)21(27)24-6-1-2-7-24;/h3-5,9-10,14,16,22H,1-2,6-8,11-13H2;1H/t14-,16+;/m0./s1. The maximum Gasteiger partial charge on any atom is 0.256 e. The molecule has 2 saturated heterocycles. The Morgan fingerprint density at radius 2 is 2.00 bits per heavy atom. The number of carbonyl (C=O) groups excluding carboxylic acids is 1. The van der Waals surface area contributed by atoms with Crippen LogP contribution in [0.5, 0.6) is 0 Å². The number of pyridine rings is 2. The molecule has 6 nitrogen and oxygen atoms in total. The molecule has 2 fully saturated rings. The van der Waals surface area contributed by atoms with Crippen molar-refractivity contribution in [2.24, 2.45) is 5.92 Å². The Morgan fingerprint density at radius 3 is 2.82 bits per heavy atom. The number of piperidine rings is 1. The van der Waals surface area contributed by atoms with Crippen molar-refractivity contribution in [1.29, 1.82) is 0 Å². The number of aromatic nitrogens is 2. The van der Waals surface area contributed by atoms with E-state index in [0.717, 1.165) is 63.2 Å². The van der Waals surface area contributed by atoms with E-state index in [9.17, 15) is 9.59 Å². The van der Waals surface area contributed by atoms with Crippen LogP contribution in [0.3, 0.4) is 0 Å². The van der Waals surface area contributed by atoms with Crippen LogP contribution in [-0.4, -0.2) is 46.5 Å². The molecule has 2 aromatic heterocycles. The molecule has 5 rings (SSSR count). The van der Waals surface area contributed by atoms with Crippen LogP contribution in [-0.2, 0) is 6.54 Å². The Balaban J connectivity index is 0.00000192. The monoisotopic (exact) mass is 400 g/mol. The normalized spacial score (nSPS) is 23.1. The summed E-state index contributed by atoms with van der Waals surface area (Å²) < 4.78 is 1.92. The summed E-state index contributed by atoms with van der Waals surface area (Å²) in [5, 5.41) is 3.48. The largest absolute Gasteiger partial charge is 0.339 e. The Hall–Kier alpha value is -2.18. The van der Waals surface area contributed by atoms with E-state index in [0.29, 0.717) is 23.1 Å². The van der Waals surface area contributed by atoms with Gasteiger partial charge in [-0.05, 0) is 49.9 Å². The topological polar surface area (TPSA) is 67.2 Å². The lowest BCUT2D eigenvalue weighted by Crippen LogP contribution is -2.44. The van der Waals surface area contributed by atoms with Crippen LogP contribution in [0.2, 0.25) is 0 Å². The summed E-state index contributed by atoms with van der Waals surface area (Å²) in [7, 11) is 0.